The van der Waals surface area contributed by atoms with Crippen LogP contribution < -0.4 is 5.32 Å². The Morgan fingerprint density at radius 1 is 1.08 bits per heavy atom. The van der Waals surface area contributed by atoms with Gasteiger partial charge in [-0.25, -0.2) is 0 Å². The van der Waals surface area contributed by atoms with Crippen molar-refractivity contribution in [3.05, 3.63) is 69.7 Å². The molecule has 3 nitrogen and oxygen atoms in total. The molecule has 1 amide bonds. The highest BCUT2D eigenvalue weighted by molar-refractivity contribution is 9.10. The van der Waals surface area contributed by atoms with E-state index in [9.17, 15) is 18.0 Å². The van der Waals surface area contributed by atoms with Gasteiger partial charge in [0, 0.05) is 16.1 Å². The predicted octanol–water partition coefficient (Wildman–Crippen LogP) is 4.89. The fourth-order valence-corrected chi connectivity index (χ4v) is 2.63. The summed E-state index contributed by atoms with van der Waals surface area (Å²) in [6.45, 7) is 0.476. The first-order chi connectivity index (χ1) is 12.2. The van der Waals surface area contributed by atoms with Gasteiger partial charge in [0.15, 0.2) is 0 Å². The van der Waals surface area contributed by atoms with E-state index in [0.29, 0.717) is 17.5 Å². The van der Waals surface area contributed by atoms with E-state index in [2.05, 4.69) is 26.0 Å². The second-order valence-electron chi connectivity index (χ2n) is 6.01. The lowest BCUT2D eigenvalue weighted by Crippen LogP contribution is -2.34. The highest BCUT2D eigenvalue weighted by Gasteiger charge is 2.27. The molecule has 0 aliphatic heterocycles. The summed E-state index contributed by atoms with van der Waals surface area (Å²) in [5, 5.41) is 2.91. The number of hydrogen-bond donors (Lipinski definition) is 1. The fourth-order valence-electron chi connectivity index (χ4n) is 2.37. The monoisotopic (exact) mass is 429 g/mol. The molecule has 1 N–H and O–H groups in total. The number of hydrogen-bond acceptors (Lipinski definition) is 2. The molecule has 0 fully saturated rings. The third kappa shape index (κ3) is 7.17. The zero-order valence-electron chi connectivity index (χ0n) is 14.1. The summed E-state index contributed by atoms with van der Waals surface area (Å²) < 4.78 is 41.7. The molecule has 0 saturated carbocycles. The minimum atomic E-state index is -4.34. The molecule has 140 valence electrons. The topological polar surface area (TPSA) is 38.3 Å². The second-order valence-corrected chi connectivity index (χ2v) is 6.93. The van der Waals surface area contributed by atoms with E-state index in [1.165, 1.54) is 0 Å². The van der Waals surface area contributed by atoms with Gasteiger partial charge in [0.05, 0.1) is 6.61 Å². The average Bonchev–Trinajstić information content (AvgIpc) is 2.56. The molecular formula is C19H19BrF3NO2. The molecule has 1 unspecified atom stereocenters. The third-order valence-electron chi connectivity index (χ3n) is 3.58. The molecule has 0 spiro atoms. The Balaban J connectivity index is 1.84. The Hall–Kier alpha value is -1.86. The van der Waals surface area contributed by atoms with E-state index < -0.39 is 12.8 Å². The number of rotatable bonds is 7. The van der Waals surface area contributed by atoms with Crippen molar-refractivity contribution in [1.29, 1.82) is 0 Å². The third-order valence-corrected chi connectivity index (χ3v) is 4.11. The molecule has 0 aliphatic rings. The van der Waals surface area contributed by atoms with Gasteiger partial charge in [0.2, 0.25) is 0 Å². The number of ether oxygens (including phenoxy) is 1. The van der Waals surface area contributed by atoms with Gasteiger partial charge in [-0.15, -0.1) is 0 Å². The smallest absolute Gasteiger partial charge is 0.367 e. The summed E-state index contributed by atoms with van der Waals surface area (Å²) in [5.74, 6) is -0.225. The van der Waals surface area contributed by atoms with Gasteiger partial charge in [-0.3, -0.25) is 4.79 Å². The lowest BCUT2D eigenvalue weighted by Gasteiger charge is -2.14. The summed E-state index contributed by atoms with van der Waals surface area (Å²) >= 11 is 3.38. The molecule has 0 aliphatic carbocycles. The first kappa shape index (κ1) is 20.5. The SMILES string of the molecule is CC(Cc1ccc(Br)cc1)NC(=O)c1ccc(COCC(F)(F)F)cc1. The maximum Gasteiger partial charge on any atom is 0.411 e. The van der Waals surface area contributed by atoms with Crippen LogP contribution in [-0.2, 0) is 17.8 Å². The minimum absolute atomic E-state index is 0.0570. The zero-order chi connectivity index (χ0) is 19.2. The van der Waals surface area contributed by atoms with E-state index in [1.807, 2.05) is 31.2 Å². The first-order valence-corrected chi connectivity index (χ1v) is 8.81. The summed E-state index contributed by atoms with van der Waals surface area (Å²) in [6, 6.07) is 14.1. The van der Waals surface area contributed by atoms with Crippen LogP contribution in [0.15, 0.2) is 53.0 Å². The summed E-state index contributed by atoms with van der Waals surface area (Å²) in [6.07, 6.45) is -3.65. The highest BCUT2D eigenvalue weighted by Crippen LogP contribution is 2.16. The van der Waals surface area contributed by atoms with Crippen LogP contribution in [0, 0.1) is 0 Å². The van der Waals surface area contributed by atoms with E-state index in [-0.39, 0.29) is 18.6 Å². The van der Waals surface area contributed by atoms with Crippen molar-refractivity contribution in [3.8, 4) is 0 Å². The lowest BCUT2D eigenvalue weighted by molar-refractivity contribution is -0.176. The van der Waals surface area contributed by atoms with Crippen LogP contribution in [0.3, 0.4) is 0 Å². The van der Waals surface area contributed by atoms with E-state index in [0.717, 1.165) is 10.0 Å². The van der Waals surface area contributed by atoms with Gasteiger partial charge in [0.1, 0.15) is 6.61 Å². The van der Waals surface area contributed by atoms with Crippen molar-refractivity contribution in [3.63, 3.8) is 0 Å². The van der Waals surface area contributed by atoms with Crippen molar-refractivity contribution in [2.24, 2.45) is 0 Å². The molecule has 2 aromatic carbocycles. The Kier molecular flexibility index (Phi) is 7.23. The van der Waals surface area contributed by atoms with Gasteiger partial charge in [0.25, 0.3) is 5.91 Å². The number of carbonyl (C=O) groups excluding carboxylic acids is 1. The molecule has 0 aromatic heterocycles. The fraction of sp³-hybridized carbons (Fsp3) is 0.316. The highest BCUT2D eigenvalue weighted by atomic mass is 79.9. The van der Waals surface area contributed by atoms with Crippen LogP contribution in [0.2, 0.25) is 0 Å². The number of benzene rings is 2. The molecule has 0 radical (unpaired) electrons. The van der Waals surface area contributed by atoms with Crippen molar-refractivity contribution < 1.29 is 22.7 Å². The standard InChI is InChI=1S/C19H19BrF3NO2/c1-13(10-14-4-8-17(20)9-5-14)24-18(25)16-6-2-15(3-7-16)11-26-12-19(21,22)23/h2-9,13H,10-12H2,1H3,(H,24,25). The van der Waals surface area contributed by atoms with Gasteiger partial charge in [-0.05, 0) is 48.7 Å². The van der Waals surface area contributed by atoms with Crippen LogP contribution in [0.25, 0.3) is 0 Å². The van der Waals surface area contributed by atoms with Crippen molar-refractivity contribution >= 4 is 21.8 Å². The molecule has 1 atom stereocenters. The quantitative estimate of drug-likeness (QED) is 0.680. The maximum absolute atomic E-state index is 12.3. The lowest BCUT2D eigenvalue weighted by atomic mass is 10.1. The minimum Gasteiger partial charge on any atom is -0.367 e. The van der Waals surface area contributed by atoms with Crippen LogP contribution in [0.5, 0.6) is 0 Å². The van der Waals surface area contributed by atoms with Crippen LogP contribution in [0.4, 0.5) is 13.2 Å². The molecule has 2 aromatic rings. The molecule has 2 rings (SSSR count). The second kappa shape index (κ2) is 9.19. The molecule has 7 heteroatoms. The Labute approximate surface area is 158 Å². The van der Waals surface area contributed by atoms with E-state index in [4.69, 9.17) is 0 Å². The van der Waals surface area contributed by atoms with Gasteiger partial charge >= 0.3 is 6.18 Å². The van der Waals surface area contributed by atoms with Crippen molar-refractivity contribution in [1.82, 2.24) is 5.32 Å². The van der Waals surface area contributed by atoms with Crippen molar-refractivity contribution in [2.75, 3.05) is 6.61 Å². The van der Waals surface area contributed by atoms with Gasteiger partial charge < -0.3 is 10.1 Å². The Bertz CT molecular complexity index is 715. The molecular weight excluding hydrogens is 411 g/mol. The number of halogens is 4. The first-order valence-electron chi connectivity index (χ1n) is 8.02. The van der Waals surface area contributed by atoms with Crippen LogP contribution >= 0.6 is 15.9 Å². The number of carbonyl (C=O) groups is 1. The maximum atomic E-state index is 12.3. The Morgan fingerprint density at radius 3 is 2.23 bits per heavy atom. The van der Waals surface area contributed by atoms with Gasteiger partial charge in [-0.1, -0.05) is 40.2 Å². The zero-order valence-corrected chi connectivity index (χ0v) is 15.7. The number of nitrogens with one attached hydrogen (secondary N) is 1. The molecule has 26 heavy (non-hydrogen) atoms. The Morgan fingerprint density at radius 2 is 1.65 bits per heavy atom. The average molecular weight is 430 g/mol. The summed E-state index contributed by atoms with van der Waals surface area (Å²) in [4.78, 5) is 12.3. The molecule has 0 bridgehead atoms. The molecule has 0 saturated heterocycles. The predicted molar refractivity (Wildman–Crippen MR) is 96.9 cm³/mol. The summed E-state index contributed by atoms with van der Waals surface area (Å²) in [5.41, 5.74) is 2.14. The largest absolute Gasteiger partial charge is 0.411 e. The van der Waals surface area contributed by atoms with E-state index in [1.54, 1.807) is 24.3 Å². The number of amides is 1. The van der Waals surface area contributed by atoms with Crippen molar-refractivity contribution in [2.45, 2.75) is 32.2 Å². The number of alkyl halides is 3. The van der Waals surface area contributed by atoms with Crippen LogP contribution in [-0.4, -0.2) is 24.7 Å². The normalized spacial score (nSPS) is 12.7. The van der Waals surface area contributed by atoms with E-state index >= 15 is 0 Å². The summed E-state index contributed by atoms with van der Waals surface area (Å²) in [7, 11) is 0. The van der Waals surface area contributed by atoms with Crippen LogP contribution in [0.1, 0.15) is 28.4 Å². The molecule has 0 heterocycles. The van der Waals surface area contributed by atoms with Gasteiger partial charge in [-0.2, -0.15) is 13.2 Å².